The number of hydrazine groups is 1. The van der Waals surface area contributed by atoms with Crippen LogP contribution in [-0.2, 0) is 0 Å². The Morgan fingerprint density at radius 2 is 2.05 bits per heavy atom. The molecule has 0 radical (unpaired) electrons. The number of fused-ring (bicyclic) bond motifs is 1. The maximum Gasteiger partial charge on any atom is 0.284 e. The molecule has 2 heterocycles. The highest BCUT2D eigenvalue weighted by Gasteiger charge is 2.21. The van der Waals surface area contributed by atoms with Crippen molar-refractivity contribution >= 4 is 16.9 Å². The molecule has 8 heteroatoms. The number of aromatic amines is 1. The number of nitrogens with two attached hydrogens (primary N) is 2. The Labute approximate surface area is 125 Å². The fourth-order valence-electron chi connectivity index (χ4n) is 2.33. The zero-order valence-corrected chi connectivity index (χ0v) is 11.7. The number of carbonyl (C=O) groups excluding carboxylic acids is 1. The molecule has 0 spiro atoms. The van der Waals surface area contributed by atoms with Crippen LogP contribution in [0.4, 0.5) is 0 Å². The Bertz CT molecular complexity index is 799. The molecular formula is C14H15N7O. The molecule has 22 heavy (non-hydrogen) atoms. The molecule has 1 unspecified atom stereocenters. The van der Waals surface area contributed by atoms with Crippen LogP contribution in [0.15, 0.2) is 36.5 Å². The quantitative estimate of drug-likeness (QED) is 0.305. The molecule has 3 aromatic rings. The van der Waals surface area contributed by atoms with Crippen molar-refractivity contribution in [2.24, 2.45) is 11.6 Å². The fraction of sp³-hybridized carbons (Fsp3) is 0.143. The van der Waals surface area contributed by atoms with E-state index < -0.39 is 5.91 Å². The molecule has 1 atom stereocenters. The molecule has 0 aliphatic rings. The first-order chi connectivity index (χ1) is 10.7. The van der Waals surface area contributed by atoms with Crippen molar-refractivity contribution in [1.29, 1.82) is 0 Å². The number of rotatable bonds is 4. The van der Waals surface area contributed by atoms with E-state index in [0.717, 1.165) is 5.56 Å². The summed E-state index contributed by atoms with van der Waals surface area (Å²) in [6.07, 6.45) is 1.49. The van der Waals surface area contributed by atoms with Gasteiger partial charge in [-0.05, 0) is 5.56 Å². The Hall–Kier alpha value is -2.84. The van der Waals surface area contributed by atoms with E-state index in [1.807, 2.05) is 30.3 Å². The molecular weight excluding hydrogens is 282 g/mol. The third-order valence-electron chi connectivity index (χ3n) is 3.42. The summed E-state index contributed by atoms with van der Waals surface area (Å²) in [6.45, 7) is 0.313. The lowest BCUT2D eigenvalue weighted by Crippen LogP contribution is -2.31. The summed E-state index contributed by atoms with van der Waals surface area (Å²) >= 11 is 0. The van der Waals surface area contributed by atoms with Crippen LogP contribution in [0.1, 0.15) is 27.8 Å². The molecule has 0 saturated heterocycles. The lowest BCUT2D eigenvalue weighted by atomic mass is 9.98. The van der Waals surface area contributed by atoms with Crippen molar-refractivity contribution in [2.75, 3.05) is 6.54 Å². The number of nitrogens with zero attached hydrogens (tertiary/aromatic N) is 3. The average molecular weight is 297 g/mol. The van der Waals surface area contributed by atoms with Crippen LogP contribution in [0.2, 0.25) is 0 Å². The predicted molar refractivity (Wildman–Crippen MR) is 80.7 cm³/mol. The summed E-state index contributed by atoms with van der Waals surface area (Å²) < 4.78 is 0. The summed E-state index contributed by atoms with van der Waals surface area (Å²) in [5.41, 5.74) is 9.59. The van der Waals surface area contributed by atoms with E-state index >= 15 is 0 Å². The van der Waals surface area contributed by atoms with E-state index in [2.05, 4.69) is 25.6 Å². The molecule has 2 aromatic heterocycles. The molecule has 1 amide bonds. The summed E-state index contributed by atoms with van der Waals surface area (Å²) in [5.74, 6) is 4.94. The van der Waals surface area contributed by atoms with Gasteiger partial charge < -0.3 is 5.73 Å². The van der Waals surface area contributed by atoms with Gasteiger partial charge in [0.1, 0.15) is 11.5 Å². The Balaban J connectivity index is 2.15. The van der Waals surface area contributed by atoms with Crippen molar-refractivity contribution in [3.05, 3.63) is 53.6 Å². The topological polar surface area (TPSA) is 136 Å². The van der Waals surface area contributed by atoms with E-state index in [1.54, 1.807) is 0 Å². The monoisotopic (exact) mass is 297 g/mol. The maximum atomic E-state index is 11.9. The van der Waals surface area contributed by atoms with Crippen molar-refractivity contribution < 1.29 is 4.79 Å². The van der Waals surface area contributed by atoms with E-state index in [1.165, 1.54) is 6.20 Å². The smallest absolute Gasteiger partial charge is 0.284 e. The Morgan fingerprint density at radius 3 is 2.73 bits per heavy atom. The van der Waals surface area contributed by atoms with Gasteiger partial charge >= 0.3 is 0 Å². The van der Waals surface area contributed by atoms with Gasteiger partial charge in [0.05, 0.1) is 17.5 Å². The minimum atomic E-state index is -0.501. The van der Waals surface area contributed by atoms with Crippen LogP contribution < -0.4 is 17.0 Å². The number of carbonyl (C=O) groups is 1. The number of amides is 1. The SMILES string of the molecule is NCC(c1ccccc1)c1nc(C(=O)NN)c2cn[nH]c2n1. The molecule has 1 aromatic carbocycles. The van der Waals surface area contributed by atoms with E-state index in [4.69, 9.17) is 11.6 Å². The standard InChI is InChI=1S/C14H15N7O/c15-6-9(8-4-2-1-3-5-8)12-18-11(14(22)20-16)10-7-17-21-13(10)19-12/h1-5,7,9H,6,15-16H2,(H,20,22)(H,17,18,19,21). The van der Waals surface area contributed by atoms with E-state index in [-0.39, 0.29) is 11.6 Å². The van der Waals surface area contributed by atoms with Crippen molar-refractivity contribution in [3.63, 3.8) is 0 Å². The number of aromatic nitrogens is 4. The zero-order chi connectivity index (χ0) is 15.5. The van der Waals surface area contributed by atoms with Crippen molar-refractivity contribution in [1.82, 2.24) is 25.6 Å². The van der Waals surface area contributed by atoms with Gasteiger partial charge in [-0.15, -0.1) is 0 Å². The Morgan fingerprint density at radius 1 is 1.27 bits per heavy atom. The first-order valence-electron chi connectivity index (χ1n) is 6.71. The second kappa shape index (κ2) is 5.88. The molecule has 0 saturated carbocycles. The summed E-state index contributed by atoms with van der Waals surface area (Å²) in [6, 6.07) is 9.64. The number of nitrogens with one attached hydrogen (secondary N) is 2. The van der Waals surface area contributed by atoms with Crippen LogP contribution in [0, 0.1) is 0 Å². The van der Waals surface area contributed by atoms with E-state index in [0.29, 0.717) is 23.4 Å². The lowest BCUT2D eigenvalue weighted by molar-refractivity contribution is 0.0950. The lowest BCUT2D eigenvalue weighted by Gasteiger charge is -2.14. The second-order valence-electron chi connectivity index (χ2n) is 4.74. The third kappa shape index (κ3) is 2.41. The number of nitrogen functional groups attached to an aromatic ring is 1. The van der Waals surface area contributed by atoms with Gasteiger partial charge in [-0.3, -0.25) is 15.3 Å². The Kier molecular flexibility index (Phi) is 3.77. The number of H-pyrrole nitrogens is 1. The summed E-state index contributed by atoms with van der Waals surface area (Å²) in [7, 11) is 0. The molecule has 0 aliphatic heterocycles. The molecule has 6 N–H and O–H groups in total. The highest BCUT2D eigenvalue weighted by atomic mass is 16.2. The average Bonchev–Trinajstić information content (AvgIpc) is 3.03. The fourth-order valence-corrected chi connectivity index (χ4v) is 2.33. The van der Waals surface area contributed by atoms with Gasteiger partial charge in [0.25, 0.3) is 5.91 Å². The van der Waals surface area contributed by atoms with Gasteiger partial charge in [-0.2, -0.15) is 5.10 Å². The van der Waals surface area contributed by atoms with E-state index in [9.17, 15) is 4.79 Å². The van der Waals surface area contributed by atoms with Crippen LogP contribution in [-0.4, -0.2) is 32.6 Å². The third-order valence-corrected chi connectivity index (χ3v) is 3.42. The number of benzene rings is 1. The van der Waals surface area contributed by atoms with Crippen LogP contribution in [0.3, 0.4) is 0 Å². The molecule has 8 nitrogen and oxygen atoms in total. The zero-order valence-electron chi connectivity index (χ0n) is 11.7. The number of hydrogen-bond donors (Lipinski definition) is 4. The number of hydrogen-bond acceptors (Lipinski definition) is 6. The predicted octanol–water partition coefficient (Wildman–Crippen LogP) is 0.0470. The summed E-state index contributed by atoms with van der Waals surface area (Å²) in [4.78, 5) is 20.7. The molecule has 0 fully saturated rings. The second-order valence-corrected chi connectivity index (χ2v) is 4.74. The molecule has 112 valence electrons. The normalized spacial score (nSPS) is 12.3. The first kappa shape index (κ1) is 14.1. The molecule has 0 bridgehead atoms. The van der Waals surface area contributed by atoms with Crippen LogP contribution >= 0.6 is 0 Å². The largest absolute Gasteiger partial charge is 0.329 e. The van der Waals surface area contributed by atoms with Gasteiger partial charge in [-0.25, -0.2) is 15.8 Å². The van der Waals surface area contributed by atoms with Crippen LogP contribution in [0.5, 0.6) is 0 Å². The van der Waals surface area contributed by atoms with Gasteiger partial charge in [0, 0.05) is 6.54 Å². The highest BCUT2D eigenvalue weighted by Crippen LogP contribution is 2.23. The summed E-state index contributed by atoms with van der Waals surface area (Å²) in [5, 5.41) is 7.15. The molecule has 0 aliphatic carbocycles. The van der Waals surface area contributed by atoms with Gasteiger partial charge in [-0.1, -0.05) is 30.3 Å². The van der Waals surface area contributed by atoms with Gasteiger partial charge in [0.2, 0.25) is 0 Å². The maximum absolute atomic E-state index is 11.9. The molecule has 3 rings (SSSR count). The minimum absolute atomic E-state index is 0.172. The minimum Gasteiger partial charge on any atom is -0.329 e. The van der Waals surface area contributed by atoms with Crippen molar-refractivity contribution in [2.45, 2.75) is 5.92 Å². The van der Waals surface area contributed by atoms with Crippen LogP contribution in [0.25, 0.3) is 11.0 Å². The highest BCUT2D eigenvalue weighted by molar-refractivity contribution is 6.03. The first-order valence-corrected chi connectivity index (χ1v) is 6.71. The van der Waals surface area contributed by atoms with Crippen molar-refractivity contribution in [3.8, 4) is 0 Å². The van der Waals surface area contributed by atoms with Gasteiger partial charge in [0.15, 0.2) is 5.65 Å².